The molecule has 0 radical (unpaired) electrons. The van der Waals surface area contributed by atoms with E-state index in [1.807, 2.05) is 12.1 Å². The lowest BCUT2D eigenvalue weighted by molar-refractivity contribution is -0.122. The molecule has 1 amide bonds. The number of ether oxygens (including phenoxy) is 2. The third-order valence-corrected chi connectivity index (χ3v) is 3.57. The van der Waals surface area contributed by atoms with Crippen LogP contribution in [0.4, 0.5) is 0 Å². The molecule has 2 heterocycles. The van der Waals surface area contributed by atoms with Crippen LogP contribution in [0.15, 0.2) is 22.6 Å². The van der Waals surface area contributed by atoms with E-state index >= 15 is 0 Å². The summed E-state index contributed by atoms with van der Waals surface area (Å²) in [6.45, 7) is 1.73. The van der Waals surface area contributed by atoms with Gasteiger partial charge in [-0.3, -0.25) is 4.79 Å². The summed E-state index contributed by atoms with van der Waals surface area (Å²) in [4.78, 5) is 16.2. The number of benzene rings is 1. The van der Waals surface area contributed by atoms with Gasteiger partial charge in [-0.1, -0.05) is 0 Å². The van der Waals surface area contributed by atoms with E-state index in [9.17, 15) is 4.79 Å². The Bertz CT molecular complexity index is 632. The highest BCUT2D eigenvalue weighted by Gasteiger charge is 2.19. The first-order valence-electron chi connectivity index (χ1n) is 7.02. The standard InChI is InChI=1S/C15H18N2O4/c1-19-11-2-3-13-12(7-11)17-15(21-13)8-16-14(18)6-10-4-5-20-9-10/h2-3,7,10H,4-6,8-9H2,1H3,(H,16,18). The number of rotatable bonds is 5. The first kappa shape index (κ1) is 13.9. The van der Waals surface area contributed by atoms with E-state index in [0.717, 1.165) is 24.3 Å². The fourth-order valence-electron chi connectivity index (χ4n) is 2.41. The maximum Gasteiger partial charge on any atom is 0.220 e. The first-order valence-corrected chi connectivity index (χ1v) is 7.02. The van der Waals surface area contributed by atoms with Crippen molar-refractivity contribution in [3.8, 4) is 5.75 Å². The van der Waals surface area contributed by atoms with E-state index in [1.54, 1.807) is 13.2 Å². The molecule has 1 atom stereocenters. The van der Waals surface area contributed by atoms with E-state index in [1.165, 1.54) is 0 Å². The quantitative estimate of drug-likeness (QED) is 0.910. The van der Waals surface area contributed by atoms with Crippen molar-refractivity contribution in [1.82, 2.24) is 10.3 Å². The van der Waals surface area contributed by atoms with E-state index in [2.05, 4.69) is 10.3 Å². The van der Waals surface area contributed by atoms with Crippen molar-refractivity contribution in [3.63, 3.8) is 0 Å². The summed E-state index contributed by atoms with van der Waals surface area (Å²) in [5, 5.41) is 2.83. The highest BCUT2D eigenvalue weighted by molar-refractivity contribution is 5.76. The van der Waals surface area contributed by atoms with Crippen molar-refractivity contribution in [2.24, 2.45) is 5.92 Å². The molecule has 1 aliphatic heterocycles. The number of carbonyl (C=O) groups excluding carboxylic acids is 1. The molecular weight excluding hydrogens is 272 g/mol. The Kier molecular flexibility index (Phi) is 4.06. The predicted octanol–water partition coefficient (Wildman–Crippen LogP) is 1.88. The van der Waals surface area contributed by atoms with Gasteiger partial charge in [0.2, 0.25) is 11.8 Å². The number of hydrogen-bond acceptors (Lipinski definition) is 5. The Morgan fingerprint density at radius 2 is 2.43 bits per heavy atom. The molecule has 21 heavy (non-hydrogen) atoms. The molecule has 2 aromatic rings. The largest absolute Gasteiger partial charge is 0.497 e. The molecule has 1 aromatic heterocycles. The minimum atomic E-state index is 0.00494. The number of nitrogens with zero attached hydrogens (tertiary/aromatic N) is 1. The number of hydrogen-bond donors (Lipinski definition) is 1. The Labute approximate surface area is 122 Å². The van der Waals surface area contributed by atoms with E-state index in [4.69, 9.17) is 13.9 Å². The number of aromatic nitrogens is 1. The van der Waals surface area contributed by atoms with Gasteiger partial charge in [-0.2, -0.15) is 0 Å². The van der Waals surface area contributed by atoms with Gasteiger partial charge >= 0.3 is 0 Å². The maximum atomic E-state index is 11.8. The Morgan fingerprint density at radius 3 is 3.19 bits per heavy atom. The van der Waals surface area contributed by atoms with Crippen molar-refractivity contribution < 1.29 is 18.7 Å². The zero-order valence-electron chi connectivity index (χ0n) is 11.9. The molecule has 112 valence electrons. The zero-order valence-corrected chi connectivity index (χ0v) is 11.9. The number of amides is 1. The van der Waals surface area contributed by atoms with Crippen LogP contribution in [0.5, 0.6) is 5.75 Å². The van der Waals surface area contributed by atoms with E-state index < -0.39 is 0 Å². The molecule has 1 fully saturated rings. The third-order valence-electron chi connectivity index (χ3n) is 3.57. The number of fused-ring (bicyclic) bond motifs is 1. The minimum Gasteiger partial charge on any atom is -0.497 e. The maximum absolute atomic E-state index is 11.8. The highest BCUT2D eigenvalue weighted by Crippen LogP contribution is 2.21. The molecular formula is C15H18N2O4. The highest BCUT2D eigenvalue weighted by atomic mass is 16.5. The molecule has 1 aliphatic rings. The normalized spacial score (nSPS) is 18.0. The van der Waals surface area contributed by atoms with E-state index in [0.29, 0.717) is 37.0 Å². The molecule has 1 aromatic carbocycles. The summed E-state index contributed by atoms with van der Waals surface area (Å²) in [5.74, 6) is 1.56. The Balaban J connectivity index is 1.58. The summed E-state index contributed by atoms with van der Waals surface area (Å²) in [5.41, 5.74) is 1.41. The Hall–Kier alpha value is -2.08. The molecule has 0 aliphatic carbocycles. The smallest absolute Gasteiger partial charge is 0.220 e. The SMILES string of the molecule is COc1ccc2oc(CNC(=O)CC3CCOC3)nc2c1. The fourth-order valence-corrected chi connectivity index (χ4v) is 2.41. The number of methoxy groups -OCH3 is 1. The summed E-state index contributed by atoms with van der Waals surface area (Å²) < 4.78 is 16.0. The van der Waals surface area contributed by atoms with Crippen LogP contribution in [0, 0.1) is 5.92 Å². The minimum absolute atomic E-state index is 0.00494. The van der Waals surface area contributed by atoms with Gasteiger partial charge in [-0.25, -0.2) is 4.98 Å². The lowest BCUT2D eigenvalue weighted by atomic mass is 10.1. The summed E-state index contributed by atoms with van der Waals surface area (Å²) in [7, 11) is 1.61. The van der Waals surface area contributed by atoms with Gasteiger partial charge in [0.15, 0.2) is 5.58 Å². The number of carbonyl (C=O) groups is 1. The molecule has 0 bridgehead atoms. The second-order valence-corrected chi connectivity index (χ2v) is 5.15. The summed E-state index contributed by atoms with van der Waals surface area (Å²) in [6, 6.07) is 5.43. The monoisotopic (exact) mass is 290 g/mol. The summed E-state index contributed by atoms with van der Waals surface area (Å²) >= 11 is 0. The Morgan fingerprint density at radius 1 is 1.52 bits per heavy atom. The van der Waals surface area contributed by atoms with Crippen LogP contribution in [0.3, 0.4) is 0 Å². The summed E-state index contributed by atoms with van der Waals surface area (Å²) in [6.07, 6.45) is 1.45. The van der Waals surface area contributed by atoms with Gasteiger partial charge < -0.3 is 19.2 Å². The number of nitrogens with one attached hydrogen (secondary N) is 1. The molecule has 0 spiro atoms. The first-order chi connectivity index (χ1) is 10.2. The lowest BCUT2D eigenvalue weighted by Crippen LogP contribution is -2.25. The van der Waals surface area contributed by atoms with Gasteiger partial charge in [0.25, 0.3) is 0 Å². The third kappa shape index (κ3) is 3.33. The predicted molar refractivity (Wildman–Crippen MR) is 76.0 cm³/mol. The van der Waals surface area contributed by atoms with Crippen molar-refractivity contribution >= 4 is 17.0 Å². The molecule has 1 N–H and O–H groups in total. The van der Waals surface area contributed by atoms with Crippen LogP contribution in [0.1, 0.15) is 18.7 Å². The van der Waals surface area contributed by atoms with Crippen LogP contribution >= 0.6 is 0 Å². The van der Waals surface area contributed by atoms with Crippen molar-refractivity contribution in [2.45, 2.75) is 19.4 Å². The molecule has 6 heteroatoms. The second kappa shape index (κ2) is 6.13. The van der Waals surface area contributed by atoms with Gasteiger partial charge in [0.05, 0.1) is 13.7 Å². The molecule has 1 saturated heterocycles. The van der Waals surface area contributed by atoms with Crippen LogP contribution in [-0.4, -0.2) is 31.2 Å². The fraction of sp³-hybridized carbons (Fsp3) is 0.467. The molecule has 0 saturated carbocycles. The van der Waals surface area contributed by atoms with Crippen LogP contribution in [-0.2, 0) is 16.1 Å². The second-order valence-electron chi connectivity index (χ2n) is 5.15. The van der Waals surface area contributed by atoms with Crippen molar-refractivity contribution in [1.29, 1.82) is 0 Å². The zero-order chi connectivity index (χ0) is 14.7. The van der Waals surface area contributed by atoms with Crippen molar-refractivity contribution in [3.05, 3.63) is 24.1 Å². The average molecular weight is 290 g/mol. The van der Waals surface area contributed by atoms with Gasteiger partial charge in [0.1, 0.15) is 11.3 Å². The number of oxazole rings is 1. The lowest BCUT2D eigenvalue weighted by Gasteiger charge is -2.06. The van der Waals surface area contributed by atoms with E-state index in [-0.39, 0.29) is 5.91 Å². The molecule has 3 rings (SSSR count). The van der Waals surface area contributed by atoms with Gasteiger partial charge in [-0.05, 0) is 24.5 Å². The van der Waals surface area contributed by atoms with Crippen LogP contribution < -0.4 is 10.1 Å². The topological polar surface area (TPSA) is 73.6 Å². The van der Waals surface area contributed by atoms with Crippen molar-refractivity contribution in [2.75, 3.05) is 20.3 Å². The molecule has 1 unspecified atom stereocenters. The van der Waals surface area contributed by atoms with Gasteiger partial charge in [-0.15, -0.1) is 0 Å². The van der Waals surface area contributed by atoms with Crippen LogP contribution in [0.25, 0.3) is 11.1 Å². The van der Waals surface area contributed by atoms with Crippen LogP contribution in [0.2, 0.25) is 0 Å². The average Bonchev–Trinajstić information content (AvgIpc) is 3.12. The molecule has 6 nitrogen and oxygen atoms in total. The van der Waals surface area contributed by atoms with Gasteiger partial charge in [0, 0.05) is 25.7 Å².